The molecule has 1 aromatic rings. The molecule has 0 spiro atoms. The van der Waals surface area contributed by atoms with Gasteiger partial charge >= 0.3 is 6.18 Å². The molecule has 90 valence electrons. The van der Waals surface area contributed by atoms with Gasteiger partial charge in [0.1, 0.15) is 0 Å². The van der Waals surface area contributed by atoms with Gasteiger partial charge in [0.15, 0.2) is 0 Å². The molecule has 1 aromatic carbocycles. The van der Waals surface area contributed by atoms with Crippen LogP contribution in [0, 0.1) is 13.8 Å². The van der Waals surface area contributed by atoms with Gasteiger partial charge in [-0.05, 0) is 36.2 Å². The van der Waals surface area contributed by atoms with E-state index < -0.39 is 19.8 Å². The molecule has 0 atom stereocenters. The molecule has 0 saturated carbocycles. The molecule has 1 rings (SSSR count). The number of hydrogen-bond acceptors (Lipinski definition) is 0. The maximum atomic E-state index is 12.9. The summed E-state index contributed by atoms with van der Waals surface area (Å²) in [6.45, 7) is 9.39. The SMILES string of the molecule is Cc1cc(C(F)(F)F)c([Si](C)(C)C)cc1C. The molecule has 0 bridgehead atoms. The van der Waals surface area contributed by atoms with E-state index in [1.807, 2.05) is 26.6 Å². The molecule has 0 fully saturated rings. The van der Waals surface area contributed by atoms with Crippen molar-refractivity contribution in [1.29, 1.82) is 0 Å². The lowest BCUT2D eigenvalue weighted by Crippen LogP contribution is -2.42. The Labute approximate surface area is 95.5 Å². The summed E-state index contributed by atoms with van der Waals surface area (Å²) in [6, 6.07) is 2.99. The summed E-state index contributed by atoms with van der Waals surface area (Å²) in [7, 11) is -1.96. The van der Waals surface area contributed by atoms with Crippen LogP contribution in [0.2, 0.25) is 19.6 Å². The smallest absolute Gasteiger partial charge is 0.166 e. The number of alkyl halides is 3. The van der Waals surface area contributed by atoms with Gasteiger partial charge in [0, 0.05) is 0 Å². The first kappa shape index (κ1) is 13.3. The molecule has 0 aliphatic carbocycles. The van der Waals surface area contributed by atoms with Gasteiger partial charge in [0.2, 0.25) is 0 Å². The van der Waals surface area contributed by atoms with Crippen LogP contribution in [0.15, 0.2) is 12.1 Å². The number of benzene rings is 1. The zero-order valence-electron chi connectivity index (χ0n) is 10.3. The Morgan fingerprint density at radius 1 is 0.938 bits per heavy atom. The van der Waals surface area contributed by atoms with E-state index in [2.05, 4.69) is 0 Å². The molecule has 0 aromatic heterocycles. The number of halogens is 3. The Kier molecular flexibility index (Phi) is 3.25. The average molecular weight is 246 g/mol. The molecule has 4 heteroatoms. The molecule has 0 heterocycles. The van der Waals surface area contributed by atoms with Crippen molar-refractivity contribution < 1.29 is 13.2 Å². The van der Waals surface area contributed by atoms with E-state index in [1.54, 1.807) is 13.0 Å². The monoisotopic (exact) mass is 246 g/mol. The third kappa shape index (κ3) is 2.67. The first-order valence-electron chi connectivity index (χ1n) is 5.22. The third-order valence-corrected chi connectivity index (χ3v) is 4.78. The number of aryl methyl sites for hydroxylation is 2. The summed E-state index contributed by atoms with van der Waals surface area (Å²) in [4.78, 5) is 0. The molecule has 0 nitrogen and oxygen atoms in total. The lowest BCUT2D eigenvalue weighted by molar-refractivity contribution is -0.136. The van der Waals surface area contributed by atoms with Crippen LogP contribution in [0.25, 0.3) is 0 Å². The lowest BCUT2D eigenvalue weighted by atomic mass is 10.1. The lowest BCUT2D eigenvalue weighted by Gasteiger charge is -2.24. The number of rotatable bonds is 1. The van der Waals surface area contributed by atoms with Crippen molar-refractivity contribution in [3.05, 3.63) is 28.8 Å². The highest BCUT2D eigenvalue weighted by atomic mass is 28.3. The maximum absolute atomic E-state index is 12.9. The molecular weight excluding hydrogens is 229 g/mol. The third-order valence-electron chi connectivity index (χ3n) is 2.75. The summed E-state index contributed by atoms with van der Waals surface area (Å²) in [5.74, 6) is 0. The van der Waals surface area contributed by atoms with E-state index in [0.29, 0.717) is 10.8 Å². The minimum Gasteiger partial charge on any atom is -0.166 e. The Morgan fingerprint density at radius 2 is 1.38 bits per heavy atom. The maximum Gasteiger partial charge on any atom is 0.416 e. The Bertz CT molecular complexity index is 361. The highest BCUT2D eigenvalue weighted by Crippen LogP contribution is 2.30. The van der Waals surface area contributed by atoms with Gasteiger partial charge in [-0.2, -0.15) is 13.2 Å². The van der Waals surface area contributed by atoms with Crippen molar-refractivity contribution in [2.75, 3.05) is 0 Å². The largest absolute Gasteiger partial charge is 0.416 e. The highest BCUT2D eigenvalue weighted by molar-refractivity contribution is 6.89. The van der Waals surface area contributed by atoms with Crippen LogP contribution in [0.4, 0.5) is 13.2 Å². The second-order valence-corrected chi connectivity index (χ2v) is 10.3. The quantitative estimate of drug-likeness (QED) is 0.660. The molecule has 0 amide bonds. The van der Waals surface area contributed by atoms with Gasteiger partial charge < -0.3 is 0 Å². The predicted molar refractivity (Wildman–Crippen MR) is 63.9 cm³/mol. The Balaban J connectivity index is 3.53. The van der Waals surface area contributed by atoms with Gasteiger partial charge in [0.25, 0.3) is 0 Å². The normalized spacial score (nSPS) is 13.0. The van der Waals surface area contributed by atoms with E-state index in [9.17, 15) is 13.2 Å². The Hall–Kier alpha value is -0.773. The zero-order chi connectivity index (χ0) is 12.7. The number of hydrogen-bond donors (Lipinski definition) is 0. The fourth-order valence-electron chi connectivity index (χ4n) is 1.67. The van der Waals surface area contributed by atoms with Crippen LogP contribution in [-0.4, -0.2) is 8.07 Å². The van der Waals surface area contributed by atoms with Crippen LogP contribution in [-0.2, 0) is 6.18 Å². The minimum atomic E-state index is -4.24. The van der Waals surface area contributed by atoms with Gasteiger partial charge in [0.05, 0.1) is 13.6 Å². The predicted octanol–water partition coefficient (Wildman–Crippen LogP) is 3.87. The molecular formula is C12H17F3Si. The summed E-state index contributed by atoms with van der Waals surface area (Å²) in [6.07, 6.45) is -4.24. The van der Waals surface area contributed by atoms with Crippen molar-refractivity contribution in [2.45, 2.75) is 39.7 Å². The summed E-state index contributed by atoms with van der Waals surface area (Å²) >= 11 is 0. The second kappa shape index (κ2) is 3.91. The highest BCUT2D eigenvalue weighted by Gasteiger charge is 2.37. The summed E-state index contributed by atoms with van der Waals surface area (Å²) in [5.41, 5.74) is 1.19. The van der Waals surface area contributed by atoms with Crippen LogP contribution < -0.4 is 5.19 Å². The molecule has 0 radical (unpaired) electrons. The van der Waals surface area contributed by atoms with Gasteiger partial charge in [-0.3, -0.25) is 0 Å². The fourth-order valence-corrected chi connectivity index (χ4v) is 3.34. The molecule has 0 aliphatic rings. The van der Waals surface area contributed by atoms with Crippen LogP contribution in [0.5, 0.6) is 0 Å². The topological polar surface area (TPSA) is 0 Å². The van der Waals surface area contributed by atoms with Gasteiger partial charge in [-0.1, -0.05) is 25.7 Å². The van der Waals surface area contributed by atoms with E-state index in [0.717, 1.165) is 5.56 Å². The van der Waals surface area contributed by atoms with Crippen LogP contribution in [0.3, 0.4) is 0 Å². The molecule has 0 unspecified atom stereocenters. The minimum absolute atomic E-state index is 0.449. The molecule has 16 heavy (non-hydrogen) atoms. The Morgan fingerprint density at radius 3 is 1.75 bits per heavy atom. The van der Waals surface area contributed by atoms with Crippen molar-refractivity contribution in [2.24, 2.45) is 0 Å². The van der Waals surface area contributed by atoms with E-state index in [4.69, 9.17) is 0 Å². The summed E-state index contributed by atoms with van der Waals surface area (Å²) in [5, 5.41) is 0.503. The van der Waals surface area contributed by atoms with Crippen molar-refractivity contribution in [1.82, 2.24) is 0 Å². The fraction of sp³-hybridized carbons (Fsp3) is 0.500. The van der Waals surface area contributed by atoms with Crippen molar-refractivity contribution >= 4 is 13.3 Å². The van der Waals surface area contributed by atoms with Crippen LogP contribution in [0.1, 0.15) is 16.7 Å². The molecule has 0 N–H and O–H groups in total. The first-order chi connectivity index (χ1) is 7.03. The standard InChI is InChI=1S/C12H17F3Si/c1-8-6-10(12(13,14)15)11(7-9(8)2)16(3,4)5/h6-7H,1-5H3. The van der Waals surface area contributed by atoms with Gasteiger partial charge in [-0.15, -0.1) is 0 Å². The van der Waals surface area contributed by atoms with Crippen molar-refractivity contribution in [3.8, 4) is 0 Å². The van der Waals surface area contributed by atoms with Gasteiger partial charge in [-0.25, -0.2) is 0 Å². The average Bonchev–Trinajstić information content (AvgIpc) is 2.05. The van der Waals surface area contributed by atoms with E-state index in [1.165, 1.54) is 6.07 Å². The first-order valence-corrected chi connectivity index (χ1v) is 8.72. The van der Waals surface area contributed by atoms with E-state index >= 15 is 0 Å². The second-order valence-electron chi connectivity index (χ2n) is 5.23. The molecule has 0 aliphatic heterocycles. The molecule has 0 saturated heterocycles. The zero-order valence-corrected chi connectivity index (χ0v) is 11.3. The summed E-state index contributed by atoms with van der Waals surface area (Å²) < 4.78 is 38.7. The van der Waals surface area contributed by atoms with Crippen LogP contribution >= 0.6 is 0 Å². The van der Waals surface area contributed by atoms with E-state index in [-0.39, 0.29) is 0 Å². The van der Waals surface area contributed by atoms with Crippen molar-refractivity contribution in [3.63, 3.8) is 0 Å².